The van der Waals surface area contributed by atoms with Gasteiger partial charge in [0.05, 0.1) is 0 Å². The van der Waals surface area contributed by atoms with Crippen molar-refractivity contribution in [3.63, 3.8) is 0 Å². The van der Waals surface area contributed by atoms with Gasteiger partial charge in [-0.3, -0.25) is 0 Å². The molecule has 0 saturated carbocycles. The van der Waals surface area contributed by atoms with E-state index in [1.54, 1.807) is 0 Å². The van der Waals surface area contributed by atoms with Gasteiger partial charge in [-0.15, -0.1) is 0 Å². The van der Waals surface area contributed by atoms with Gasteiger partial charge in [-0.1, -0.05) is 12.2 Å². The molecule has 0 spiro atoms. The highest BCUT2D eigenvalue weighted by atomic mass is 32.1. The van der Waals surface area contributed by atoms with Gasteiger partial charge in [-0.05, 0) is 18.2 Å². The SMILES string of the molecule is O=C(O)[C@@H](O)CCC=S. The van der Waals surface area contributed by atoms with Crippen molar-refractivity contribution in [2.45, 2.75) is 18.9 Å². The van der Waals surface area contributed by atoms with Crippen LogP contribution in [0.25, 0.3) is 0 Å². The number of aliphatic hydroxyl groups is 1. The molecule has 3 nitrogen and oxygen atoms in total. The van der Waals surface area contributed by atoms with Crippen molar-refractivity contribution in [3.05, 3.63) is 0 Å². The molecule has 0 aliphatic rings. The standard InChI is InChI=1S/C5H8O3S/c6-4(5(7)8)2-1-3-9/h3-4,6H,1-2H2,(H,7,8)/t4-/m0/s1. The van der Waals surface area contributed by atoms with Gasteiger partial charge in [-0.25, -0.2) is 4.79 Å². The van der Waals surface area contributed by atoms with Crippen LogP contribution in [0.3, 0.4) is 0 Å². The maximum atomic E-state index is 9.91. The van der Waals surface area contributed by atoms with Crippen LogP contribution in [0.2, 0.25) is 0 Å². The molecule has 0 aliphatic heterocycles. The van der Waals surface area contributed by atoms with Gasteiger partial charge in [0.2, 0.25) is 0 Å². The van der Waals surface area contributed by atoms with Gasteiger partial charge in [0, 0.05) is 0 Å². The van der Waals surface area contributed by atoms with Gasteiger partial charge in [0.25, 0.3) is 0 Å². The molecule has 0 rings (SSSR count). The van der Waals surface area contributed by atoms with Crippen LogP contribution in [-0.2, 0) is 4.79 Å². The Hall–Kier alpha value is -0.480. The lowest BCUT2D eigenvalue weighted by atomic mass is 10.2. The lowest BCUT2D eigenvalue weighted by molar-refractivity contribution is -0.146. The predicted molar refractivity (Wildman–Crippen MR) is 36.5 cm³/mol. The highest BCUT2D eigenvalue weighted by Gasteiger charge is 2.10. The number of rotatable bonds is 4. The fraction of sp³-hybridized carbons (Fsp3) is 0.600. The summed E-state index contributed by atoms with van der Waals surface area (Å²) in [4.78, 5) is 9.91. The Labute approximate surface area is 58.3 Å². The molecular formula is C5H8O3S. The number of aliphatic carboxylic acids is 1. The minimum atomic E-state index is -1.26. The molecule has 0 bridgehead atoms. The molecule has 0 amide bonds. The average Bonchev–Trinajstić information content (AvgIpc) is 1.82. The van der Waals surface area contributed by atoms with Crippen molar-refractivity contribution in [3.8, 4) is 0 Å². The van der Waals surface area contributed by atoms with E-state index in [0.29, 0.717) is 6.42 Å². The molecule has 0 radical (unpaired) electrons. The average molecular weight is 148 g/mol. The first-order chi connectivity index (χ1) is 4.18. The summed E-state index contributed by atoms with van der Waals surface area (Å²) in [6.45, 7) is 0. The predicted octanol–water partition coefficient (Wildman–Crippen LogP) is 0.212. The highest BCUT2D eigenvalue weighted by Crippen LogP contribution is 1.93. The smallest absolute Gasteiger partial charge is 0.332 e. The Morgan fingerprint density at radius 2 is 2.33 bits per heavy atom. The van der Waals surface area contributed by atoms with Crippen molar-refractivity contribution in [2.75, 3.05) is 0 Å². The normalized spacial score (nSPS) is 12.6. The molecule has 52 valence electrons. The van der Waals surface area contributed by atoms with Gasteiger partial charge in [0.1, 0.15) is 0 Å². The van der Waals surface area contributed by atoms with E-state index in [2.05, 4.69) is 12.2 Å². The molecule has 0 unspecified atom stereocenters. The molecule has 9 heavy (non-hydrogen) atoms. The third-order valence-corrected chi connectivity index (χ3v) is 1.08. The summed E-state index contributed by atoms with van der Waals surface area (Å²) in [5, 5.41) is 18.1. The summed E-state index contributed by atoms with van der Waals surface area (Å²) in [5.74, 6) is -1.19. The maximum Gasteiger partial charge on any atom is 0.332 e. The topological polar surface area (TPSA) is 57.5 Å². The van der Waals surface area contributed by atoms with E-state index in [0.717, 1.165) is 0 Å². The number of hydrogen-bond acceptors (Lipinski definition) is 3. The summed E-state index contributed by atoms with van der Waals surface area (Å²) >= 11 is 4.43. The van der Waals surface area contributed by atoms with Crippen LogP contribution in [0.15, 0.2) is 0 Å². The zero-order valence-corrected chi connectivity index (χ0v) is 5.60. The van der Waals surface area contributed by atoms with Gasteiger partial charge in [0.15, 0.2) is 6.10 Å². The Kier molecular flexibility index (Phi) is 4.17. The Morgan fingerprint density at radius 3 is 2.67 bits per heavy atom. The second-order valence-electron chi connectivity index (χ2n) is 1.60. The minimum Gasteiger partial charge on any atom is -0.479 e. The van der Waals surface area contributed by atoms with E-state index in [1.165, 1.54) is 5.37 Å². The molecule has 0 aromatic rings. The van der Waals surface area contributed by atoms with Gasteiger partial charge in [-0.2, -0.15) is 0 Å². The highest BCUT2D eigenvalue weighted by molar-refractivity contribution is 7.78. The summed E-state index contributed by atoms with van der Waals surface area (Å²) in [6.07, 6.45) is -0.592. The number of hydrogen-bond donors (Lipinski definition) is 2. The van der Waals surface area contributed by atoms with Crippen LogP contribution in [0, 0.1) is 0 Å². The number of carboxylic acid groups (broad SMARTS) is 1. The lowest BCUT2D eigenvalue weighted by Crippen LogP contribution is -2.18. The molecule has 0 saturated heterocycles. The zero-order chi connectivity index (χ0) is 7.28. The number of aliphatic hydroxyl groups excluding tert-OH is 1. The van der Waals surface area contributed by atoms with Crippen LogP contribution in [0.1, 0.15) is 12.8 Å². The van der Waals surface area contributed by atoms with Crippen molar-refractivity contribution < 1.29 is 15.0 Å². The summed E-state index contributed by atoms with van der Waals surface area (Å²) in [6, 6.07) is 0. The fourth-order valence-corrected chi connectivity index (χ4v) is 0.485. The summed E-state index contributed by atoms with van der Waals surface area (Å²) < 4.78 is 0. The Bertz CT molecular complexity index is 113. The first-order valence-corrected chi connectivity index (χ1v) is 3.00. The van der Waals surface area contributed by atoms with Crippen molar-refractivity contribution in [1.82, 2.24) is 0 Å². The van der Waals surface area contributed by atoms with Crippen LogP contribution in [-0.4, -0.2) is 27.7 Å². The van der Waals surface area contributed by atoms with E-state index < -0.39 is 12.1 Å². The van der Waals surface area contributed by atoms with Crippen molar-refractivity contribution in [2.24, 2.45) is 0 Å². The lowest BCUT2D eigenvalue weighted by Gasteiger charge is -1.99. The largest absolute Gasteiger partial charge is 0.479 e. The quantitative estimate of drug-likeness (QED) is 0.560. The van der Waals surface area contributed by atoms with E-state index in [1.807, 2.05) is 0 Å². The minimum absolute atomic E-state index is 0.207. The maximum absolute atomic E-state index is 9.91. The molecule has 4 heteroatoms. The number of carboxylic acids is 1. The zero-order valence-electron chi connectivity index (χ0n) is 4.78. The monoisotopic (exact) mass is 148 g/mol. The van der Waals surface area contributed by atoms with Crippen LogP contribution in [0.4, 0.5) is 0 Å². The molecule has 2 N–H and O–H groups in total. The van der Waals surface area contributed by atoms with E-state index in [4.69, 9.17) is 10.2 Å². The van der Waals surface area contributed by atoms with Gasteiger partial charge < -0.3 is 10.2 Å². The molecule has 0 fully saturated rings. The Balaban J connectivity index is 3.37. The third kappa shape index (κ3) is 4.05. The number of carbonyl (C=O) groups is 1. The molecule has 0 aromatic carbocycles. The van der Waals surface area contributed by atoms with Crippen LogP contribution in [0.5, 0.6) is 0 Å². The number of thiocarbonyl (C=S) groups is 1. The summed E-state index contributed by atoms with van der Waals surface area (Å²) in [7, 11) is 0. The molecular weight excluding hydrogens is 140 g/mol. The molecule has 0 heterocycles. The van der Waals surface area contributed by atoms with Crippen molar-refractivity contribution in [1.29, 1.82) is 0 Å². The first kappa shape index (κ1) is 8.52. The van der Waals surface area contributed by atoms with E-state index in [9.17, 15) is 4.79 Å². The van der Waals surface area contributed by atoms with E-state index in [-0.39, 0.29) is 6.42 Å². The van der Waals surface area contributed by atoms with Crippen LogP contribution < -0.4 is 0 Å². The third-order valence-electron chi connectivity index (χ3n) is 0.843. The fourth-order valence-electron chi connectivity index (χ4n) is 0.349. The second-order valence-corrected chi connectivity index (χ2v) is 1.93. The first-order valence-electron chi connectivity index (χ1n) is 2.53. The molecule has 0 aromatic heterocycles. The van der Waals surface area contributed by atoms with E-state index >= 15 is 0 Å². The molecule has 0 aliphatic carbocycles. The second kappa shape index (κ2) is 4.40. The summed E-state index contributed by atoms with van der Waals surface area (Å²) in [5.41, 5.74) is 0. The van der Waals surface area contributed by atoms with Crippen molar-refractivity contribution >= 4 is 23.6 Å². The van der Waals surface area contributed by atoms with Crippen LogP contribution >= 0.6 is 12.2 Å². The van der Waals surface area contributed by atoms with Gasteiger partial charge >= 0.3 is 5.97 Å². The molecule has 1 atom stereocenters. The Morgan fingerprint density at radius 1 is 1.78 bits per heavy atom.